The van der Waals surface area contributed by atoms with Gasteiger partial charge in [-0.1, -0.05) is 29.8 Å². The minimum absolute atomic E-state index is 0.0912. The molecule has 3 rings (SSSR count). The smallest absolute Gasteiger partial charge is 0.238 e. The molecular formula is C17H18N2O3. The van der Waals surface area contributed by atoms with Gasteiger partial charge in [0.15, 0.2) is 11.5 Å². The van der Waals surface area contributed by atoms with E-state index < -0.39 is 0 Å². The molecule has 2 aromatic rings. The van der Waals surface area contributed by atoms with E-state index >= 15 is 0 Å². The van der Waals surface area contributed by atoms with Crippen molar-refractivity contribution in [2.45, 2.75) is 13.5 Å². The predicted molar refractivity (Wildman–Crippen MR) is 84.1 cm³/mol. The zero-order chi connectivity index (χ0) is 15.4. The molecule has 0 aliphatic carbocycles. The van der Waals surface area contributed by atoms with Crippen LogP contribution in [0.1, 0.15) is 11.1 Å². The summed E-state index contributed by atoms with van der Waals surface area (Å²) in [6.45, 7) is 3.19. The number of hydrogen-bond donors (Lipinski definition) is 2. The summed E-state index contributed by atoms with van der Waals surface area (Å²) in [4.78, 5) is 11.9. The SMILES string of the molecule is Cc1cccc(CNCC(=O)Nc2ccc3c(c2)OCO3)c1. The molecule has 0 saturated heterocycles. The van der Waals surface area contributed by atoms with Gasteiger partial charge >= 0.3 is 0 Å². The quantitative estimate of drug-likeness (QED) is 0.890. The minimum atomic E-state index is -0.0912. The molecule has 1 aliphatic heterocycles. The zero-order valence-electron chi connectivity index (χ0n) is 12.4. The number of rotatable bonds is 5. The molecular weight excluding hydrogens is 280 g/mol. The number of anilines is 1. The molecule has 0 unspecified atom stereocenters. The van der Waals surface area contributed by atoms with E-state index in [9.17, 15) is 4.79 Å². The molecule has 114 valence electrons. The Kier molecular flexibility index (Phi) is 4.25. The van der Waals surface area contributed by atoms with Gasteiger partial charge in [-0.3, -0.25) is 4.79 Å². The maximum Gasteiger partial charge on any atom is 0.238 e. The van der Waals surface area contributed by atoms with Crippen molar-refractivity contribution in [1.82, 2.24) is 5.32 Å². The third-order valence-electron chi connectivity index (χ3n) is 3.35. The van der Waals surface area contributed by atoms with Crippen molar-refractivity contribution in [1.29, 1.82) is 0 Å². The van der Waals surface area contributed by atoms with Gasteiger partial charge in [-0.25, -0.2) is 0 Å². The average molecular weight is 298 g/mol. The van der Waals surface area contributed by atoms with E-state index in [0.29, 0.717) is 23.7 Å². The molecule has 2 aromatic carbocycles. The second-order valence-electron chi connectivity index (χ2n) is 5.21. The van der Waals surface area contributed by atoms with Gasteiger partial charge in [-0.05, 0) is 24.6 Å². The minimum Gasteiger partial charge on any atom is -0.454 e. The standard InChI is InChI=1S/C17H18N2O3/c1-12-3-2-4-13(7-12)9-18-10-17(20)19-14-5-6-15-16(8-14)22-11-21-15/h2-8,18H,9-11H2,1H3,(H,19,20). The first-order chi connectivity index (χ1) is 10.7. The van der Waals surface area contributed by atoms with Gasteiger partial charge in [0.1, 0.15) is 0 Å². The molecule has 2 N–H and O–H groups in total. The monoisotopic (exact) mass is 298 g/mol. The first-order valence-corrected chi connectivity index (χ1v) is 7.16. The maximum absolute atomic E-state index is 11.9. The maximum atomic E-state index is 11.9. The Labute approximate surface area is 129 Å². The van der Waals surface area contributed by atoms with E-state index in [2.05, 4.69) is 29.7 Å². The zero-order valence-corrected chi connectivity index (χ0v) is 12.4. The van der Waals surface area contributed by atoms with Gasteiger partial charge in [0, 0.05) is 18.3 Å². The Morgan fingerprint density at radius 2 is 2.00 bits per heavy atom. The van der Waals surface area contributed by atoms with Crippen molar-refractivity contribution >= 4 is 11.6 Å². The number of amides is 1. The lowest BCUT2D eigenvalue weighted by Crippen LogP contribution is -2.27. The van der Waals surface area contributed by atoms with E-state index in [4.69, 9.17) is 9.47 Å². The fraction of sp³-hybridized carbons (Fsp3) is 0.235. The van der Waals surface area contributed by atoms with Gasteiger partial charge < -0.3 is 20.1 Å². The number of fused-ring (bicyclic) bond motifs is 1. The third kappa shape index (κ3) is 3.56. The van der Waals surface area contributed by atoms with E-state index in [1.54, 1.807) is 18.2 Å². The first-order valence-electron chi connectivity index (χ1n) is 7.16. The third-order valence-corrected chi connectivity index (χ3v) is 3.35. The van der Waals surface area contributed by atoms with Crippen LogP contribution in [0.3, 0.4) is 0 Å². The van der Waals surface area contributed by atoms with Crippen molar-refractivity contribution < 1.29 is 14.3 Å². The van der Waals surface area contributed by atoms with Crippen LogP contribution in [0, 0.1) is 6.92 Å². The predicted octanol–water partition coefficient (Wildman–Crippen LogP) is 2.45. The number of nitrogens with one attached hydrogen (secondary N) is 2. The lowest BCUT2D eigenvalue weighted by molar-refractivity contribution is -0.115. The van der Waals surface area contributed by atoms with Crippen LogP contribution in [0.5, 0.6) is 11.5 Å². The molecule has 22 heavy (non-hydrogen) atoms. The Bertz CT molecular complexity index is 685. The summed E-state index contributed by atoms with van der Waals surface area (Å²) in [5, 5.41) is 5.97. The van der Waals surface area contributed by atoms with Gasteiger partial charge in [-0.2, -0.15) is 0 Å². The van der Waals surface area contributed by atoms with E-state index in [1.165, 1.54) is 5.56 Å². The van der Waals surface area contributed by atoms with Crippen molar-refractivity contribution in [3.8, 4) is 11.5 Å². The van der Waals surface area contributed by atoms with E-state index in [0.717, 1.165) is 5.56 Å². The van der Waals surface area contributed by atoms with Crippen LogP contribution in [0.15, 0.2) is 42.5 Å². The molecule has 5 nitrogen and oxygen atoms in total. The fourth-order valence-corrected chi connectivity index (χ4v) is 2.32. The van der Waals surface area contributed by atoms with Crippen LogP contribution in [-0.2, 0) is 11.3 Å². The van der Waals surface area contributed by atoms with Crippen LogP contribution < -0.4 is 20.1 Å². The molecule has 0 fully saturated rings. The summed E-state index contributed by atoms with van der Waals surface area (Å²) in [6.07, 6.45) is 0. The van der Waals surface area contributed by atoms with Gasteiger partial charge in [0.05, 0.1) is 6.54 Å². The molecule has 1 amide bonds. The molecule has 1 heterocycles. The molecule has 0 bridgehead atoms. The van der Waals surface area contributed by atoms with E-state index in [-0.39, 0.29) is 19.2 Å². The molecule has 5 heteroatoms. The van der Waals surface area contributed by atoms with Crippen molar-refractivity contribution in [3.63, 3.8) is 0 Å². The Balaban J connectivity index is 1.48. The Morgan fingerprint density at radius 3 is 2.86 bits per heavy atom. The molecule has 0 spiro atoms. The van der Waals surface area contributed by atoms with Crippen LogP contribution in [0.25, 0.3) is 0 Å². The summed E-state index contributed by atoms with van der Waals surface area (Å²) in [5.74, 6) is 1.27. The number of aryl methyl sites for hydroxylation is 1. The lowest BCUT2D eigenvalue weighted by Gasteiger charge is -2.08. The van der Waals surface area contributed by atoms with Gasteiger partial charge in [-0.15, -0.1) is 0 Å². The van der Waals surface area contributed by atoms with Crippen LogP contribution in [-0.4, -0.2) is 19.2 Å². The second-order valence-corrected chi connectivity index (χ2v) is 5.21. The molecule has 0 aromatic heterocycles. The Morgan fingerprint density at radius 1 is 1.14 bits per heavy atom. The van der Waals surface area contributed by atoms with Crippen LogP contribution in [0.4, 0.5) is 5.69 Å². The number of hydrogen-bond acceptors (Lipinski definition) is 4. The lowest BCUT2D eigenvalue weighted by atomic mass is 10.1. The van der Waals surface area contributed by atoms with Crippen molar-refractivity contribution in [2.24, 2.45) is 0 Å². The normalized spacial score (nSPS) is 12.2. The second kappa shape index (κ2) is 6.49. The van der Waals surface area contributed by atoms with Crippen molar-refractivity contribution in [2.75, 3.05) is 18.7 Å². The largest absolute Gasteiger partial charge is 0.454 e. The molecule has 0 radical (unpaired) electrons. The van der Waals surface area contributed by atoms with Crippen molar-refractivity contribution in [3.05, 3.63) is 53.6 Å². The average Bonchev–Trinajstić information content (AvgIpc) is 2.95. The highest BCUT2D eigenvalue weighted by Gasteiger charge is 2.13. The summed E-state index contributed by atoms with van der Waals surface area (Å²) in [7, 11) is 0. The number of benzene rings is 2. The fourth-order valence-electron chi connectivity index (χ4n) is 2.32. The molecule has 0 atom stereocenters. The summed E-state index contributed by atoms with van der Waals surface area (Å²) in [6, 6.07) is 13.6. The van der Waals surface area contributed by atoms with Crippen LogP contribution in [0.2, 0.25) is 0 Å². The van der Waals surface area contributed by atoms with Crippen LogP contribution >= 0.6 is 0 Å². The van der Waals surface area contributed by atoms with Gasteiger partial charge in [0.25, 0.3) is 0 Å². The Hall–Kier alpha value is -2.53. The molecule has 1 aliphatic rings. The number of carbonyl (C=O) groups excluding carboxylic acids is 1. The number of carbonyl (C=O) groups is 1. The van der Waals surface area contributed by atoms with E-state index in [1.807, 2.05) is 12.1 Å². The summed E-state index contributed by atoms with van der Waals surface area (Å²) >= 11 is 0. The highest BCUT2D eigenvalue weighted by molar-refractivity contribution is 5.92. The highest BCUT2D eigenvalue weighted by Crippen LogP contribution is 2.34. The molecule has 0 saturated carbocycles. The summed E-state index contributed by atoms with van der Waals surface area (Å²) < 4.78 is 10.5. The highest BCUT2D eigenvalue weighted by atomic mass is 16.7. The number of ether oxygens (including phenoxy) is 2. The first kappa shape index (κ1) is 14.4. The topological polar surface area (TPSA) is 59.6 Å². The summed E-state index contributed by atoms with van der Waals surface area (Å²) in [5.41, 5.74) is 3.08. The van der Waals surface area contributed by atoms with Gasteiger partial charge in [0.2, 0.25) is 12.7 Å².